The maximum Gasteiger partial charge on any atom is 0.291 e. The molecule has 0 saturated heterocycles. The molecule has 3 rings (SSSR count). The van der Waals surface area contributed by atoms with E-state index in [4.69, 9.17) is 4.42 Å². The molecule has 8 heteroatoms. The number of hydrogen-bond donors (Lipinski definition) is 3. The van der Waals surface area contributed by atoms with Gasteiger partial charge in [0.25, 0.3) is 5.91 Å². The van der Waals surface area contributed by atoms with E-state index in [1.807, 2.05) is 24.3 Å². The molecule has 1 amide bonds. The van der Waals surface area contributed by atoms with Crippen molar-refractivity contribution in [1.82, 2.24) is 10.6 Å². The highest BCUT2D eigenvalue weighted by molar-refractivity contribution is 14.0. The normalized spacial score (nSPS) is 10.9. The second-order valence-electron chi connectivity index (χ2n) is 5.93. The average molecular weight is 510 g/mol. The number of carbonyl (C=O) groups is 1. The van der Waals surface area contributed by atoms with Crippen LogP contribution in [0.5, 0.6) is 0 Å². The van der Waals surface area contributed by atoms with Gasteiger partial charge < -0.3 is 20.4 Å². The van der Waals surface area contributed by atoms with E-state index in [-0.39, 0.29) is 35.6 Å². The van der Waals surface area contributed by atoms with Crippen molar-refractivity contribution in [2.24, 2.45) is 4.99 Å². The van der Waals surface area contributed by atoms with Crippen LogP contribution in [0.2, 0.25) is 0 Å². The first-order valence-corrected chi connectivity index (χ1v) is 9.45. The molecule has 0 atom stereocenters. The van der Waals surface area contributed by atoms with E-state index in [2.05, 4.69) is 39.3 Å². The summed E-state index contributed by atoms with van der Waals surface area (Å²) in [6, 6.07) is 13.1. The monoisotopic (exact) mass is 510 g/mol. The summed E-state index contributed by atoms with van der Waals surface area (Å²) in [6.45, 7) is 3.49. The van der Waals surface area contributed by atoms with Crippen LogP contribution < -0.4 is 16.0 Å². The van der Waals surface area contributed by atoms with Gasteiger partial charge in [-0.05, 0) is 53.8 Å². The van der Waals surface area contributed by atoms with Crippen molar-refractivity contribution >= 4 is 52.9 Å². The molecule has 0 unspecified atom stereocenters. The first kappa shape index (κ1) is 22.0. The first-order chi connectivity index (χ1) is 13.2. The van der Waals surface area contributed by atoms with Gasteiger partial charge in [-0.15, -0.1) is 35.3 Å². The number of halogens is 1. The molecule has 6 nitrogen and oxygen atoms in total. The zero-order chi connectivity index (χ0) is 19.1. The number of guanidine groups is 1. The molecule has 0 saturated carbocycles. The number of nitrogens with zero attached hydrogens (tertiary/aromatic N) is 1. The van der Waals surface area contributed by atoms with Crippen LogP contribution in [0, 0.1) is 6.92 Å². The molecule has 2 heterocycles. The van der Waals surface area contributed by atoms with Gasteiger partial charge in [-0.25, -0.2) is 0 Å². The Kier molecular flexibility index (Phi) is 8.52. The zero-order valence-corrected chi connectivity index (χ0v) is 18.8. The molecule has 148 valence electrons. The van der Waals surface area contributed by atoms with Crippen LogP contribution in [-0.4, -0.2) is 18.9 Å². The second-order valence-corrected chi connectivity index (χ2v) is 6.94. The predicted octanol–water partition coefficient (Wildman–Crippen LogP) is 4.39. The van der Waals surface area contributed by atoms with Crippen molar-refractivity contribution in [2.45, 2.75) is 20.0 Å². The van der Waals surface area contributed by atoms with Crippen molar-refractivity contribution in [3.8, 4) is 0 Å². The summed E-state index contributed by atoms with van der Waals surface area (Å²) in [6.07, 6.45) is 1.48. The van der Waals surface area contributed by atoms with E-state index in [0.29, 0.717) is 6.54 Å². The van der Waals surface area contributed by atoms with Crippen LogP contribution in [0.4, 0.5) is 5.69 Å². The SMILES string of the molecule is CN=C(NCc1ccc(NC(=O)c2ccco2)cc1)NCc1sccc1C.I. The van der Waals surface area contributed by atoms with Gasteiger partial charge in [0, 0.05) is 24.2 Å². The molecule has 0 aliphatic carbocycles. The molecule has 0 spiro atoms. The van der Waals surface area contributed by atoms with Crippen LogP contribution in [-0.2, 0) is 13.1 Å². The number of amides is 1. The maximum atomic E-state index is 12.0. The molecular weight excluding hydrogens is 487 g/mol. The highest BCUT2D eigenvalue weighted by atomic mass is 127. The van der Waals surface area contributed by atoms with Crippen molar-refractivity contribution in [3.63, 3.8) is 0 Å². The van der Waals surface area contributed by atoms with Crippen LogP contribution in [0.1, 0.15) is 26.6 Å². The van der Waals surface area contributed by atoms with E-state index < -0.39 is 0 Å². The summed E-state index contributed by atoms with van der Waals surface area (Å²) in [5.74, 6) is 0.772. The third-order valence-corrected chi connectivity index (χ3v) is 5.05. The molecule has 0 radical (unpaired) electrons. The molecule has 2 aromatic heterocycles. The van der Waals surface area contributed by atoms with E-state index in [9.17, 15) is 4.79 Å². The summed E-state index contributed by atoms with van der Waals surface area (Å²) < 4.78 is 5.08. The van der Waals surface area contributed by atoms with Crippen LogP contribution in [0.15, 0.2) is 63.5 Å². The van der Waals surface area contributed by atoms with Gasteiger partial charge in [0.05, 0.1) is 12.8 Å². The van der Waals surface area contributed by atoms with Gasteiger partial charge >= 0.3 is 0 Å². The summed E-state index contributed by atoms with van der Waals surface area (Å²) in [4.78, 5) is 17.5. The smallest absolute Gasteiger partial charge is 0.291 e. The number of carbonyl (C=O) groups excluding carboxylic acids is 1. The Hall–Kier alpha value is -2.33. The summed E-state index contributed by atoms with van der Waals surface area (Å²) in [7, 11) is 1.75. The Balaban J connectivity index is 0.00000280. The molecule has 0 bridgehead atoms. The van der Waals surface area contributed by atoms with E-state index >= 15 is 0 Å². The lowest BCUT2D eigenvalue weighted by Gasteiger charge is -2.12. The minimum Gasteiger partial charge on any atom is -0.459 e. The Morgan fingerprint density at radius 2 is 1.86 bits per heavy atom. The number of anilines is 1. The molecule has 1 aromatic carbocycles. The van der Waals surface area contributed by atoms with Crippen molar-refractivity contribution in [1.29, 1.82) is 0 Å². The topological polar surface area (TPSA) is 78.7 Å². The fraction of sp³-hybridized carbons (Fsp3) is 0.200. The number of benzene rings is 1. The Bertz CT molecular complexity index is 905. The molecule has 3 aromatic rings. The number of thiophene rings is 1. The fourth-order valence-electron chi connectivity index (χ4n) is 2.46. The van der Waals surface area contributed by atoms with Gasteiger partial charge in [-0.2, -0.15) is 0 Å². The quantitative estimate of drug-likeness (QED) is 0.261. The lowest BCUT2D eigenvalue weighted by atomic mass is 10.2. The fourth-order valence-corrected chi connectivity index (χ4v) is 3.31. The summed E-state index contributed by atoms with van der Waals surface area (Å²) in [5, 5.41) is 11.5. The number of aryl methyl sites for hydroxylation is 1. The molecule has 28 heavy (non-hydrogen) atoms. The van der Waals surface area contributed by atoms with Crippen LogP contribution in [0.25, 0.3) is 0 Å². The first-order valence-electron chi connectivity index (χ1n) is 8.57. The zero-order valence-electron chi connectivity index (χ0n) is 15.7. The van der Waals surface area contributed by atoms with Crippen molar-refractivity contribution in [3.05, 3.63) is 75.9 Å². The van der Waals surface area contributed by atoms with Gasteiger partial charge in [0.2, 0.25) is 0 Å². The number of nitrogens with one attached hydrogen (secondary N) is 3. The predicted molar refractivity (Wildman–Crippen MR) is 125 cm³/mol. The lowest BCUT2D eigenvalue weighted by molar-refractivity contribution is 0.0996. The number of rotatable bonds is 6. The van der Waals surface area contributed by atoms with Gasteiger partial charge in [0.1, 0.15) is 0 Å². The van der Waals surface area contributed by atoms with Crippen LogP contribution >= 0.6 is 35.3 Å². The Labute approximate surface area is 185 Å². The highest BCUT2D eigenvalue weighted by Gasteiger charge is 2.08. The minimum absolute atomic E-state index is 0. The van der Waals surface area contributed by atoms with Crippen molar-refractivity contribution in [2.75, 3.05) is 12.4 Å². The Morgan fingerprint density at radius 1 is 1.11 bits per heavy atom. The van der Waals surface area contributed by atoms with Crippen LogP contribution in [0.3, 0.4) is 0 Å². The summed E-state index contributed by atoms with van der Waals surface area (Å²) >= 11 is 1.74. The molecule has 3 N–H and O–H groups in total. The number of furan rings is 1. The third kappa shape index (κ3) is 6.10. The minimum atomic E-state index is -0.264. The molecular formula is C20H23IN4O2S. The maximum absolute atomic E-state index is 12.0. The van der Waals surface area contributed by atoms with E-state index in [1.165, 1.54) is 16.7 Å². The Morgan fingerprint density at radius 3 is 2.46 bits per heavy atom. The van der Waals surface area contributed by atoms with Crippen molar-refractivity contribution < 1.29 is 9.21 Å². The standard InChI is InChI=1S/C20H22N4O2S.HI/c1-14-9-11-27-18(14)13-23-20(21-2)22-12-15-5-7-16(8-6-15)24-19(25)17-4-3-10-26-17;/h3-11H,12-13H2,1-2H3,(H,24,25)(H2,21,22,23);1H. The van der Waals surface area contributed by atoms with Gasteiger partial charge in [-0.1, -0.05) is 12.1 Å². The van der Waals surface area contributed by atoms with Gasteiger partial charge in [-0.3, -0.25) is 9.79 Å². The average Bonchev–Trinajstić information content (AvgIpc) is 3.35. The van der Waals surface area contributed by atoms with E-state index in [0.717, 1.165) is 23.8 Å². The van der Waals surface area contributed by atoms with E-state index in [1.54, 1.807) is 30.5 Å². The summed E-state index contributed by atoms with van der Waals surface area (Å²) in [5.41, 5.74) is 3.09. The number of aliphatic imine (C=N–C) groups is 1. The molecule has 0 aliphatic rings. The molecule has 0 aliphatic heterocycles. The van der Waals surface area contributed by atoms with Gasteiger partial charge in [0.15, 0.2) is 11.7 Å². The third-order valence-electron chi connectivity index (χ3n) is 4.02. The second kappa shape index (κ2) is 10.9. The highest BCUT2D eigenvalue weighted by Crippen LogP contribution is 2.15. The largest absolute Gasteiger partial charge is 0.459 e. The number of hydrogen-bond acceptors (Lipinski definition) is 4. The molecule has 0 fully saturated rings. The lowest BCUT2D eigenvalue weighted by Crippen LogP contribution is -2.36.